The van der Waals surface area contributed by atoms with E-state index in [1.807, 2.05) is 6.07 Å². The number of aryl methyl sites for hydroxylation is 1. The van der Waals surface area contributed by atoms with Crippen LogP contribution in [0.3, 0.4) is 0 Å². The first-order chi connectivity index (χ1) is 9.71. The highest BCUT2D eigenvalue weighted by atomic mass is 32.1. The van der Waals surface area contributed by atoms with Crippen molar-refractivity contribution in [1.82, 2.24) is 20.2 Å². The van der Waals surface area contributed by atoms with Gasteiger partial charge in [-0.05, 0) is 18.6 Å². The molecular weight excluding hydrogens is 274 g/mol. The second-order valence-electron chi connectivity index (χ2n) is 4.18. The van der Waals surface area contributed by atoms with E-state index in [1.54, 1.807) is 30.6 Å². The van der Waals surface area contributed by atoms with E-state index in [0.717, 1.165) is 16.6 Å². The average Bonchev–Trinajstić information content (AvgIpc) is 2.91. The van der Waals surface area contributed by atoms with Crippen molar-refractivity contribution in [3.05, 3.63) is 23.1 Å². The van der Waals surface area contributed by atoms with Crippen LogP contribution in [0.2, 0.25) is 0 Å². The Morgan fingerprint density at radius 3 is 2.75 bits per heavy atom. The molecular formula is C13H13N5OS. The molecule has 0 amide bonds. The number of hydrogen-bond donors (Lipinski definition) is 1. The summed E-state index contributed by atoms with van der Waals surface area (Å²) in [5, 5.41) is 8.86. The number of methoxy groups -OCH3 is 1. The molecule has 2 N–H and O–H groups in total. The molecule has 0 aliphatic carbocycles. The first-order valence-corrected chi connectivity index (χ1v) is 6.97. The number of nitrogens with two attached hydrogens (primary N) is 1. The van der Waals surface area contributed by atoms with Crippen molar-refractivity contribution in [3.63, 3.8) is 0 Å². The molecule has 7 heteroatoms. The zero-order valence-electron chi connectivity index (χ0n) is 11.1. The number of nitrogens with zero attached hydrogens (tertiary/aromatic N) is 4. The minimum Gasteiger partial charge on any atom is -0.480 e. The smallest absolute Gasteiger partial charge is 0.233 e. The molecule has 0 fully saturated rings. The van der Waals surface area contributed by atoms with Gasteiger partial charge in [0.05, 0.1) is 12.5 Å². The van der Waals surface area contributed by atoms with Crippen molar-refractivity contribution in [3.8, 4) is 17.4 Å². The monoisotopic (exact) mass is 287 g/mol. The van der Waals surface area contributed by atoms with Gasteiger partial charge >= 0.3 is 0 Å². The fraction of sp³-hybridized carbons (Fsp3) is 0.231. The third-order valence-corrected chi connectivity index (χ3v) is 4.07. The quantitative estimate of drug-likeness (QED) is 0.795. The Morgan fingerprint density at radius 2 is 2.10 bits per heavy atom. The van der Waals surface area contributed by atoms with Gasteiger partial charge < -0.3 is 10.5 Å². The summed E-state index contributed by atoms with van der Waals surface area (Å²) >= 11 is 1.62. The minimum absolute atomic E-state index is 0.451. The summed E-state index contributed by atoms with van der Waals surface area (Å²) < 4.78 is 4.98. The third-order valence-electron chi connectivity index (χ3n) is 2.90. The summed E-state index contributed by atoms with van der Waals surface area (Å²) in [4.78, 5) is 10.9. The largest absolute Gasteiger partial charge is 0.480 e. The molecule has 0 bridgehead atoms. The summed E-state index contributed by atoms with van der Waals surface area (Å²) in [5.74, 6) is 1.40. The highest BCUT2D eigenvalue weighted by Gasteiger charge is 2.12. The van der Waals surface area contributed by atoms with Crippen LogP contribution in [0.1, 0.15) is 11.8 Å². The Bertz CT molecular complexity index is 753. The maximum atomic E-state index is 6.00. The Kier molecular flexibility index (Phi) is 3.19. The van der Waals surface area contributed by atoms with Gasteiger partial charge in [-0.25, -0.2) is 9.97 Å². The highest BCUT2D eigenvalue weighted by molar-refractivity contribution is 7.18. The number of fused-ring (bicyclic) bond motifs is 1. The SMILES string of the molecule is CCc1cc2c(N)nc(-c3ccc(OC)nn3)nc2s1. The maximum Gasteiger partial charge on any atom is 0.233 e. The van der Waals surface area contributed by atoms with E-state index in [2.05, 4.69) is 27.1 Å². The van der Waals surface area contributed by atoms with Crippen LogP contribution in [0.5, 0.6) is 5.88 Å². The lowest BCUT2D eigenvalue weighted by molar-refractivity contribution is 0.392. The maximum absolute atomic E-state index is 6.00. The zero-order valence-corrected chi connectivity index (χ0v) is 11.9. The van der Waals surface area contributed by atoms with Gasteiger partial charge in [-0.1, -0.05) is 6.92 Å². The van der Waals surface area contributed by atoms with Crippen molar-refractivity contribution < 1.29 is 4.74 Å². The normalized spacial score (nSPS) is 10.9. The standard InChI is InChI=1S/C13H13N5OS/c1-3-7-6-8-11(14)15-12(16-13(8)20-7)9-4-5-10(19-2)18-17-9/h4-6H,3H2,1-2H3,(H2,14,15,16). The number of anilines is 1. The summed E-state index contributed by atoms with van der Waals surface area (Å²) in [7, 11) is 1.54. The lowest BCUT2D eigenvalue weighted by Crippen LogP contribution is -1.99. The third kappa shape index (κ3) is 2.16. The predicted molar refractivity (Wildman–Crippen MR) is 78.8 cm³/mol. The van der Waals surface area contributed by atoms with E-state index in [4.69, 9.17) is 10.5 Å². The van der Waals surface area contributed by atoms with Crippen LogP contribution in [0.15, 0.2) is 18.2 Å². The molecule has 0 aliphatic heterocycles. The van der Waals surface area contributed by atoms with Gasteiger partial charge in [0.1, 0.15) is 16.3 Å². The lowest BCUT2D eigenvalue weighted by Gasteiger charge is -2.02. The fourth-order valence-corrected chi connectivity index (χ4v) is 2.81. The van der Waals surface area contributed by atoms with Crippen molar-refractivity contribution >= 4 is 27.4 Å². The van der Waals surface area contributed by atoms with Crippen LogP contribution in [-0.2, 0) is 6.42 Å². The van der Waals surface area contributed by atoms with Crippen molar-refractivity contribution in [2.24, 2.45) is 0 Å². The van der Waals surface area contributed by atoms with E-state index < -0.39 is 0 Å². The van der Waals surface area contributed by atoms with E-state index in [-0.39, 0.29) is 0 Å². The number of rotatable bonds is 3. The first kappa shape index (κ1) is 12.7. The Morgan fingerprint density at radius 1 is 1.25 bits per heavy atom. The van der Waals surface area contributed by atoms with Crippen molar-refractivity contribution in [2.75, 3.05) is 12.8 Å². The molecule has 3 aromatic heterocycles. The van der Waals surface area contributed by atoms with Gasteiger partial charge in [0.25, 0.3) is 0 Å². The van der Waals surface area contributed by atoms with E-state index in [1.165, 1.54) is 4.88 Å². The van der Waals surface area contributed by atoms with E-state index >= 15 is 0 Å². The highest BCUT2D eigenvalue weighted by Crippen LogP contribution is 2.29. The summed E-state index contributed by atoms with van der Waals surface area (Å²) in [6.45, 7) is 2.10. The molecule has 3 aromatic rings. The minimum atomic E-state index is 0.451. The zero-order chi connectivity index (χ0) is 14.1. The topological polar surface area (TPSA) is 86.8 Å². The number of ether oxygens (including phenoxy) is 1. The van der Waals surface area contributed by atoms with Gasteiger partial charge in [0.2, 0.25) is 5.88 Å². The van der Waals surface area contributed by atoms with Gasteiger partial charge in [0.15, 0.2) is 5.82 Å². The van der Waals surface area contributed by atoms with Crippen LogP contribution in [-0.4, -0.2) is 27.3 Å². The van der Waals surface area contributed by atoms with Gasteiger partial charge in [0, 0.05) is 10.9 Å². The Balaban J connectivity index is 2.10. The second kappa shape index (κ2) is 5.01. The molecule has 0 saturated carbocycles. The fourth-order valence-electron chi connectivity index (χ4n) is 1.83. The van der Waals surface area contributed by atoms with E-state index in [0.29, 0.717) is 23.2 Å². The van der Waals surface area contributed by atoms with Crippen LogP contribution < -0.4 is 10.5 Å². The molecule has 6 nitrogen and oxygen atoms in total. The molecule has 3 heterocycles. The second-order valence-corrected chi connectivity index (χ2v) is 5.29. The molecule has 3 rings (SSSR count). The number of nitrogen functional groups attached to an aromatic ring is 1. The van der Waals surface area contributed by atoms with Crippen molar-refractivity contribution in [2.45, 2.75) is 13.3 Å². The van der Waals surface area contributed by atoms with E-state index in [9.17, 15) is 0 Å². The molecule has 0 saturated heterocycles. The van der Waals surface area contributed by atoms with Crippen LogP contribution in [0, 0.1) is 0 Å². The molecule has 0 radical (unpaired) electrons. The Hall–Kier alpha value is -2.28. The van der Waals surface area contributed by atoms with Crippen LogP contribution >= 0.6 is 11.3 Å². The summed E-state index contributed by atoms with van der Waals surface area (Å²) in [6.07, 6.45) is 0.956. The molecule has 0 atom stereocenters. The molecule has 20 heavy (non-hydrogen) atoms. The van der Waals surface area contributed by atoms with Crippen LogP contribution in [0.25, 0.3) is 21.7 Å². The first-order valence-electron chi connectivity index (χ1n) is 6.15. The number of hydrogen-bond acceptors (Lipinski definition) is 7. The number of thiophene rings is 1. The van der Waals surface area contributed by atoms with Crippen LogP contribution in [0.4, 0.5) is 5.82 Å². The van der Waals surface area contributed by atoms with Gasteiger partial charge in [-0.2, -0.15) is 0 Å². The van der Waals surface area contributed by atoms with Crippen molar-refractivity contribution in [1.29, 1.82) is 0 Å². The lowest BCUT2D eigenvalue weighted by atomic mass is 10.3. The Labute approximate surface area is 119 Å². The summed E-state index contributed by atoms with van der Waals surface area (Å²) in [5.41, 5.74) is 6.58. The average molecular weight is 287 g/mol. The van der Waals surface area contributed by atoms with Gasteiger partial charge in [-0.15, -0.1) is 21.5 Å². The molecule has 0 aromatic carbocycles. The molecule has 102 valence electrons. The predicted octanol–water partition coefficient (Wildman–Crippen LogP) is 2.30. The molecule has 0 aliphatic rings. The molecule has 0 unspecified atom stereocenters. The summed E-state index contributed by atoms with van der Waals surface area (Å²) in [6, 6.07) is 5.53. The molecule has 0 spiro atoms. The number of aromatic nitrogens is 4. The van der Waals surface area contributed by atoms with Gasteiger partial charge in [-0.3, -0.25) is 0 Å².